The molecule has 0 aromatic rings. The van der Waals surface area contributed by atoms with Crippen LogP contribution in [0.2, 0.25) is 0 Å². The van der Waals surface area contributed by atoms with Crippen molar-refractivity contribution in [3.63, 3.8) is 0 Å². The molecule has 0 aromatic carbocycles. The van der Waals surface area contributed by atoms with E-state index in [0.717, 1.165) is 51.7 Å². The molecule has 1 heterocycles. The molecular formula is C18H36IN3O2. The first-order valence-electron chi connectivity index (χ1n) is 9.42. The van der Waals surface area contributed by atoms with Crippen molar-refractivity contribution in [1.29, 1.82) is 0 Å². The molecule has 1 aliphatic carbocycles. The standard InChI is InChI=1S/C18H35N3O2.HI/c1-3-18(9-4-5-10-18)15-21-17(19-2)20-11-7-12-22-14-16-8-6-13-23-16;/h16H,3-15H2,1-2H3,(H2,19,20,21);1H. The lowest BCUT2D eigenvalue weighted by molar-refractivity contribution is 0.0168. The summed E-state index contributed by atoms with van der Waals surface area (Å²) in [6.07, 6.45) is 10.4. The van der Waals surface area contributed by atoms with E-state index in [9.17, 15) is 0 Å². The summed E-state index contributed by atoms with van der Waals surface area (Å²) >= 11 is 0. The minimum absolute atomic E-state index is 0. The largest absolute Gasteiger partial charge is 0.379 e. The molecule has 1 saturated carbocycles. The first kappa shape index (κ1) is 22.0. The Labute approximate surface area is 164 Å². The first-order chi connectivity index (χ1) is 11.3. The van der Waals surface area contributed by atoms with Gasteiger partial charge in [0.25, 0.3) is 0 Å². The van der Waals surface area contributed by atoms with Crippen molar-refractivity contribution in [2.24, 2.45) is 10.4 Å². The van der Waals surface area contributed by atoms with Crippen molar-refractivity contribution in [1.82, 2.24) is 10.6 Å². The van der Waals surface area contributed by atoms with Gasteiger partial charge in [-0.25, -0.2) is 0 Å². The van der Waals surface area contributed by atoms with E-state index < -0.39 is 0 Å². The van der Waals surface area contributed by atoms with E-state index in [-0.39, 0.29) is 24.0 Å². The van der Waals surface area contributed by atoms with Crippen LogP contribution in [0, 0.1) is 5.41 Å². The molecule has 0 amide bonds. The van der Waals surface area contributed by atoms with Crippen LogP contribution in [-0.4, -0.2) is 52.0 Å². The van der Waals surface area contributed by atoms with Gasteiger partial charge in [0, 0.05) is 33.4 Å². The van der Waals surface area contributed by atoms with Gasteiger partial charge in [-0.15, -0.1) is 24.0 Å². The maximum Gasteiger partial charge on any atom is 0.190 e. The summed E-state index contributed by atoms with van der Waals surface area (Å²) in [4.78, 5) is 4.33. The molecule has 142 valence electrons. The summed E-state index contributed by atoms with van der Waals surface area (Å²) in [5.41, 5.74) is 0.488. The number of ether oxygens (including phenoxy) is 2. The molecule has 1 saturated heterocycles. The van der Waals surface area contributed by atoms with Gasteiger partial charge in [-0.05, 0) is 43.9 Å². The summed E-state index contributed by atoms with van der Waals surface area (Å²) in [5.74, 6) is 0.920. The van der Waals surface area contributed by atoms with E-state index in [4.69, 9.17) is 9.47 Å². The van der Waals surface area contributed by atoms with Crippen LogP contribution < -0.4 is 10.6 Å². The number of hydrogen-bond acceptors (Lipinski definition) is 3. The van der Waals surface area contributed by atoms with Gasteiger partial charge in [-0.2, -0.15) is 0 Å². The smallest absolute Gasteiger partial charge is 0.190 e. The van der Waals surface area contributed by atoms with Gasteiger partial charge in [-0.3, -0.25) is 4.99 Å². The van der Waals surface area contributed by atoms with Crippen LogP contribution in [-0.2, 0) is 9.47 Å². The Balaban J connectivity index is 0.00000288. The molecule has 2 fully saturated rings. The fourth-order valence-electron chi connectivity index (χ4n) is 3.64. The Kier molecular flexibility index (Phi) is 11.3. The lowest BCUT2D eigenvalue weighted by Gasteiger charge is -2.28. The molecule has 1 atom stereocenters. The summed E-state index contributed by atoms with van der Waals surface area (Å²) in [6, 6.07) is 0. The van der Waals surface area contributed by atoms with Crippen molar-refractivity contribution in [3.8, 4) is 0 Å². The monoisotopic (exact) mass is 453 g/mol. The zero-order chi connectivity index (χ0) is 16.4. The molecule has 2 rings (SSSR count). The highest BCUT2D eigenvalue weighted by Gasteiger charge is 2.31. The third-order valence-electron chi connectivity index (χ3n) is 5.35. The average Bonchev–Trinajstić information content (AvgIpc) is 3.25. The van der Waals surface area contributed by atoms with E-state index in [2.05, 4.69) is 22.5 Å². The number of aliphatic imine (C=N–C) groups is 1. The van der Waals surface area contributed by atoms with E-state index in [0.29, 0.717) is 11.5 Å². The van der Waals surface area contributed by atoms with Gasteiger partial charge in [-0.1, -0.05) is 19.8 Å². The SMILES string of the molecule is CCC1(CNC(=NC)NCCCOCC2CCCO2)CCCC1.I. The Hall–Kier alpha value is -0.0800. The lowest BCUT2D eigenvalue weighted by Crippen LogP contribution is -2.43. The molecule has 2 aliphatic rings. The van der Waals surface area contributed by atoms with Crippen molar-refractivity contribution in [2.75, 3.05) is 40.0 Å². The molecule has 2 N–H and O–H groups in total. The van der Waals surface area contributed by atoms with Crippen LogP contribution in [0.25, 0.3) is 0 Å². The van der Waals surface area contributed by atoms with Crippen LogP contribution in [0.15, 0.2) is 4.99 Å². The highest BCUT2D eigenvalue weighted by atomic mass is 127. The first-order valence-corrected chi connectivity index (χ1v) is 9.42. The Morgan fingerprint density at radius 1 is 1.25 bits per heavy atom. The predicted molar refractivity (Wildman–Crippen MR) is 110 cm³/mol. The molecule has 24 heavy (non-hydrogen) atoms. The molecule has 0 aromatic heterocycles. The summed E-state index contributed by atoms with van der Waals surface area (Å²) in [5, 5.41) is 6.91. The molecule has 5 nitrogen and oxygen atoms in total. The van der Waals surface area contributed by atoms with Gasteiger partial charge in [0.15, 0.2) is 5.96 Å². The zero-order valence-electron chi connectivity index (χ0n) is 15.4. The maximum atomic E-state index is 5.68. The topological polar surface area (TPSA) is 54.9 Å². The molecule has 0 spiro atoms. The predicted octanol–water partition coefficient (Wildman–Crippen LogP) is 3.33. The molecule has 1 aliphatic heterocycles. The fraction of sp³-hybridized carbons (Fsp3) is 0.944. The van der Waals surface area contributed by atoms with Gasteiger partial charge in [0.05, 0.1) is 12.7 Å². The van der Waals surface area contributed by atoms with Crippen LogP contribution >= 0.6 is 24.0 Å². The van der Waals surface area contributed by atoms with Crippen molar-refractivity contribution in [2.45, 2.75) is 64.4 Å². The van der Waals surface area contributed by atoms with Crippen LogP contribution in [0.3, 0.4) is 0 Å². The van der Waals surface area contributed by atoms with Crippen LogP contribution in [0.5, 0.6) is 0 Å². The second-order valence-electron chi connectivity index (χ2n) is 6.98. The van der Waals surface area contributed by atoms with E-state index in [1.807, 2.05) is 7.05 Å². The van der Waals surface area contributed by atoms with Crippen molar-refractivity contribution < 1.29 is 9.47 Å². The lowest BCUT2D eigenvalue weighted by atomic mass is 9.83. The Bertz CT molecular complexity index is 354. The minimum atomic E-state index is 0. The van der Waals surface area contributed by atoms with E-state index >= 15 is 0 Å². The third-order valence-corrected chi connectivity index (χ3v) is 5.35. The quantitative estimate of drug-likeness (QED) is 0.244. The Morgan fingerprint density at radius 3 is 2.67 bits per heavy atom. The van der Waals surface area contributed by atoms with Gasteiger partial charge in [0.2, 0.25) is 0 Å². The number of halogens is 1. The van der Waals surface area contributed by atoms with Gasteiger partial charge in [0.1, 0.15) is 0 Å². The number of nitrogens with one attached hydrogen (secondary N) is 2. The summed E-state index contributed by atoms with van der Waals surface area (Å²) < 4.78 is 11.2. The maximum absolute atomic E-state index is 5.68. The van der Waals surface area contributed by atoms with Gasteiger partial charge >= 0.3 is 0 Å². The van der Waals surface area contributed by atoms with E-state index in [1.165, 1.54) is 38.5 Å². The fourth-order valence-corrected chi connectivity index (χ4v) is 3.64. The van der Waals surface area contributed by atoms with Crippen LogP contribution in [0.1, 0.15) is 58.3 Å². The zero-order valence-corrected chi connectivity index (χ0v) is 17.8. The summed E-state index contributed by atoms with van der Waals surface area (Å²) in [6.45, 7) is 6.67. The van der Waals surface area contributed by atoms with Crippen molar-refractivity contribution in [3.05, 3.63) is 0 Å². The van der Waals surface area contributed by atoms with Crippen LogP contribution in [0.4, 0.5) is 0 Å². The summed E-state index contributed by atoms with van der Waals surface area (Å²) in [7, 11) is 1.84. The van der Waals surface area contributed by atoms with Crippen molar-refractivity contribution >= 4 is 29.9 Å². The number of hydrogen-bond donors (Lipinski definition) is 2. The molecular weight excluding hydrogens is 417 g/mol. The number of guanidine groups is 1. The van der Waals surface area contributed by atoms with Gasteiger partial charge < -0.3 is 20.1 Å². The molecule has 6 heteroatoms. The Morgan fingerprint density at radius 2 is 2.04 bits per heavy atom. The normalized spacial score (nSPS) is 23.1. The molecule has 0 radical (unpaired) electrons. The van der Waals surface area contributed by atoms with E-state index in [1.54, 1.807) is 0 Å². The molecule has 0 bridgehead atoms. The second-order valence-corrected chi connectivity index (χ2v) is 6.98. The number of rotatable bonds is 9. The third kappa shape index (κ3) is 7.44. The molecule has 1 unspecified atom stereocenters. The highest BCUT2D eigenvalue weighted by molar-refractivity contribution is 14.0. The minimum Gasteiger partial charge on any atom is -0.379 e. The second kappa shape index (κ2) is 12.3. The number of nitrogens with zero attached hydrogens (tertiary/aromatic N) is 1. The highest BCUT2D eigenvalue weighted by Crippen LogP contribution is 2.40. The average molecular weight is 453 g/mol.